The molecule has 2 heterocycles. The van der Waals surface area contributed by atoms with E-state index in [1.807, 2.05) is 31.2 Å². The molecular weight excluding hydrogens is 368 g/mol. The van der Waals surface area contributed by atoms with Gasteiger partial charge < -0.3 is 9.84 Å². The van der Waals surface area contributed by atoms with Crippen LogP contribution in [-0.2, 0) is 21.4 Å². The number of rotatable bonds is 6. The van der Waals surface area contributed by atoms with Gasteiger partial charge in [-0.2, -0.15) is 4.98 Å². The summed E-state index contributed by atoms with van der Waals surface area (Å²) in [4.78, 5) is 16.6. The van der Waals surface area contributed by atoms with Crippen LogP contribution >= 0.6 is 0 Å². The lowest BCUT2D eigenvalue weighted by molar-refractivity contribution is -0.126. The van der Waals surface area contributed by atoms with Gasteiger partial charge in [-0.1, -0.05) is 35.0 Å². The molecule has 1 saturated heterocycles. The van der Waals surface area contributed by atoms with Crippen LogP contribution in [0.15, 0.2) is 28.8 Å². The van der Waals surface area contributed by atoms with E-state index in [0.29, 0.717) is 37.6 Å². The highest BCUT2D eigenvalue weighted by Crippen LogP contribution is 2.20. The first kappa shape index (κ1) is 19.5. The largest absolute Gasteiger partial charge is 0.347 e. The van der Waals surface area contributed by atoms with Crippen molar-refractivity contribution >= 4 is 15.9 Å². The van der Waals surface area contributed by atoms with Crippen molar-refractivity contribution in [3.8, 4) is 11.4 Å². The zero-order chi connectivity index (χ0) is 19.4. The molecule has 0 saturated carbocycles. The van der Waals surface area contributed by atoms with Crippen molar-refractivity contribution in [2.75, 3.05) is 18.8 Å². The fourth-order valence-corrected chi connectivity index (χ4v) is 4.16. The summed E-state index contributed by atoms with van der Waals surface area (Å²) in [6.45, 7) is 4.55. The number of benzene rings is 1. The third-order valence-corrected chi connectivity index (χ3v) is 6.66. The predicted molar refractivity (Wildman–Crippen MR) is 100 cm³/mol. The molecule has 0 bridgehead atoms. The maximum atomic E-state index is 12.3. The number of aromatic nitrogens is 2. The van der Waals surface area contributed by atoms with Crippen molar-refractivity contribution in [2.24, 2.45) is 5.92 Å². The number of nitrogens with one attached hydrogen (secondary N) is 1. The number of carbonyl (C=O) groups is 1. The molecule has 1 aromatic carbocycles. The van der Waals surface area contributed by atoms with E-state index >= 15 is 0 Å². The van der Waals surface area contributed by atoms with E-state index in [9.17, 15) is 13.2 Å². The van der Waals surface area contributed by atoms with Crippen LogP contribution in [0.2, 0.25) is 0 Å². The maximum absolute atomic E-state index is 12.3. The minimum Gasteiger partial charge on any atom is -0.347 e. The summed E-state index contributed by atoms with van der Waals surface area (Å²) in [7, 11) is -3.18. The summed E-state index contributed by atoms with van der Waals surface area (Å²) in [5, 5.41) is 6.75. The Kier molecular flexibility index (Phi) is 5.91. The number of carbonyl (C=O) groups excluding carboxylic acids is 1. The van der Waals surface area contributed by atoms with Crippen molar-refractivity contribution < 1.29 is 17.7 Å². The van der Waals surface area contributed by atoms with Gasteiger partial charge in [0.1, 0.15) is 0 Å². The van der Waals surface area contributed by atoms with Crippen molar-refractivity contribution in [1.29, 1.82) is 0 Å². The average molecular weight is 392 g/mol. The number of nitrogens with zero attached hydrogens (tertiary/aromatic N) is 3. The molecule has 1 aromatic heterocycles. The lowest BCUT2D eigenvalue weighted by Crippen LogP contribution is -2.43. The first-order chi connectivity index (χ1) is 12.9. The number of amides is 1. The van der Waals surface area contributed by atoms with Crippen LogP contribution in [0, 0.1) is 12.8 Å². The van der Waals surface area contributed by atoms with E-state index in [1.54, 1.807) is 6.92 Å². The second kappa shape index (κ2) is 8.18. The van der Waals surface area contributed by atoms with E-state index in [4.69, 9.17) is 4.52 Å². The SMILES string of the molecule is CCS(=O)(=O)N1CCC(C(=O)NCc2nc(-c3ccc(C)cc3)no2)CC1. The van der Waals surface area contributed by atoms with Crippen molar-refractivity contribution in [3.05, 3.63) is 35.7 Å². The van der Waals surface area contributed by atoms with Crippen molar-refractivity contribution in [1.82, 2.24) is 19.8 Å². The number of piperidine rings is 1. The van der Waals surface area contributed by atoms with E-state index in [0.717, 1.165) is 11.1 Å². The highest BCUT2D eigenvalue weighted by molar-refractivity contribution is 7.89. The summed E-state index contributed by atoms with van der Waals surface area (Å²) in [5.74, 6) is 0.596. The van der Waals surface area contributed by atoms with Gasteiger partial charge in [0.25, 0.3) is 0 Å². The van der Waals surface area contributed by atoms with Crippen LogP contribution < -0.4 is 5.32 Å². The summed E-state index contributed by atoms with van der Waals surface area (Å²) in [6, 6.07) is 7.78. The summed E-state index contributed by atoms with van der Waals surface area (Å²) in [6.07, 6.45) is 1.03. The molecule has 1 aliphatic rings. The van der Waals surface area contributed by atoms with Gasteiger partial charge in [-0.25, -0.2) is 12.7 Å². The Hall–Kier alpha value is -2.26. The van der Waals surface area contributed by atoms with Gasteiger partial charge in [-0.3, -0.25) is 4.79 Å². The Bertz CT molecular complexity index is 884. The molecule has 9 heteroatoms. The minimum atomic E-state index is -3.18. The maximum Gasteiger partial charge on any atom is 0.246 e. The summed E-state index contributed by atoms with van der Waals surface area (Å²) < 4.78 is 30.4. The quantitative estimate of drug-likeness (QED) is 0.802. The third kappa shape index (κ3) is 4.72. The van der Waals surface area contributed by atoms with Gasteiger partial charge in [-0.15, -0.1) is 0 Å². The molecule has 1 N–H and O–H groups in total. The number of hydrogen-bond acceptors (Lipinski definition) is 6. The Balaban J connectivity index is 1.51. The Morgan fingerprint density at radius 2 is 1.93 bits per heavy atom. The lowest BCUT2D eigenvalue weighted by atomic mass is 9.97. The van der Waals surface area contributed by atoms with Gasteiger partial charge in [0.2, 0.25) is 27.6 Å². The highest BCUT2D eigenvalue weighted by Gasteiger charge is 2.30. The summed E-state index contributed by atoms with van der Waals surface area (Å²) >= 11 is 0. The average Bonchev–Trinajstić information content (AvgIpc) is 3.16. The number of hydrogen-bond donors (Lipinski definition) is 1. The highest BCUT2D eigenvalue weighted by atomic mass is 32.2. The summed E-state index contributed by atoms with van der Waals surface area (Å²) in [5.41, 5.74) is 2.00. The van der Waals surface area contributed by atoms with E-state index in [2.05, 4.69) is 15.5 Å². The second-order valence-corrected chi connectivity index (χ2v) is 8.93. The Morgan fingerprint density at radius 3 is 2.56 bits per heavy atom. The van der Waals surface area contributed by atoms with E-state index in [-0.39, 0.29) is 24.1 Å². The molecule has 3 rings (SSSR count). The molecule has 0 atom stereocenters. The van der Waals surface area contributed by atoms with Crippen LogP contribution in [0.3, 0.4) is 0 Å². The van der Waals surface area contributed by atoms with Gasteiger partial charge in [0, 0.05) is 24.6 Å². The molecule has 2 aromatic rings. The second-order valence-electron chi connectivity index (χ2n) is 6.67. The Labute approximate surface area is 159 Å². The van der Waals surface area contributed by atoms with Crippen LogP contribution in [0.5, 0.6) is 0 Å². The van der Waals surface area contributed by atoms with Crippen molar-refractivity contribution in [2.45, 2.75) is 33.2 Å². The van der Waals surface area contributed by atoms with Crippen molar-refractivity contribution in [3.63, 3.8) is 0 Å². The molecular formula is C18H24N4O4S. The molecule has 0 radical (unpaired) electrons. The smallest absolute Gasteiger partial charge is 0.246 e. The van der Waals surface area contributed by atoms with Gasteiger partial charge in [-0.05, 0) is 26.7 Å². The topological polar surface area (TPSA) is 105 Å². The Morgan fingerprint density at radius 1 is 1.26 bits per heavy atom. The predicted octanol–water partition coefficient (Wildman–Crippen LogP) is 1.72. The van der Waals surface area contributed by atoms with Gasteiger partial charge in [0.05, 0.1) is 12.3 Å². The molecule has 0 aliphatic carbocycles. The van der Waals surface area contributed by atoms with Crippen LogP contribution in [-0.4, -0.2) is 47.6 Å². The van der Waals surface area contributed by atoms with Gasteiger partial charge >= 0.3 is 0 Å². The molecule has 1 fully saturated rings. The fraction of sp³-hybridized carbons (Fsp3) is 0.500. The molecule has 8 nitrogen and oxygen atoms in total. The van der Waals surface area contributed by atoms with Crippen LogP contribution in [0.25, 0.3) is 11.4 Å². The lowest BCUT2D eigenvalue weighted by Gasteiger charge is -2.30. The zero-order valence-corrected chi connectivity index (χ0v) is 16.3. The van der Waals surface area contributed by atoms with Gasteiger partial charge in [0.15, 0.2) is 0 Å². The number of aryl methyl sites for hydroxylation is 1. The molecule has 146 valence electrons. The monoisotopic (exact) mass is 392 g/mol. The fourth-order valence-electron chi connectivity index (χ4n) is 3.03. The normalized spacial score (nSPS) is 16.4. The molecule has 27 heavy (non-hydrogen) atoms. The van der Waals surface area contributed by atoms with E-state index < -0.39 is 10.0 Å². The number of sulfonamides is 1. The van der Waals surface area contributed by atoms with Crippen LogP contribution in [0.1, 0.15) is 31.2 Å². The third-order valence-electron chi connectivity index (χ3n) is 4.77. The van der Waals surface area contributed by atoms with Crippen LogP contribution in [0.4, 0.5) is 0 Å². The molecule has 1 amide bonds. The standard InChI is InChI=1S/C18H24N4O4S/c1-3-27(24,25)22-10-8-15(9-11-22)18(23)19-12-16-20-17(21-26-16)14-6-4-13(2)5-7-14/h4-7,15H,3,8-12H2,1-2H3,(H,19,23). The zero-order valence-electron chi connectivity index (χ0n) is 15.5. The first-order valence-electron chi connectivity index (χ1n) is 9.04. The molecule has 0 spiro atoms. The molecule has 1 aliphatic heterocycles. The first-order valence-corrected chi connectivity index (χ1v) is 10.6. The minimum absolute atomic E-state index is 0.0876. The molecule has 0 unspecified atom stereocenters. The van der Waals surface area contributed by atoms with E-state index in [1.165, 1.54) is 4.31 Å².